The molecule has 1 aromatic heterocycles. The van der Waals surface area contributed by atoms with E-state index in [0.717, 1.165) is 25.7 Å². The molecule has 1 unspecified atom stereocenters. The maximum atomic E-state index is 10.7. The number of aliphatic hydroxyl groups excluding tert-OH is 1. The predicted molar refractivity (Wildman–Crippen MR) is 73.6 cm³/mol. The average Bonchev–Trinajstić information content (AvgIpc) is 2.42. The van der Waals surface area contributed by atoms with Crippen molar-refractivity contribution in [1.29, 1.82) is 0 Å². The lowest BCUT2D eigenvalue weighted by Gasteiger charge is -2.45. The van der Waals surface area contributed by atoms with Crippen molar-refractivity contribution < 1.29 is 9.84 Å². The maximum absolute atomic E-state index is 10.7. The van der Waals surface area contributed by atoms with E-state index in [4.69, 9.17) is 4.74 Å². The summed E-state index contributed by atoms with van der Waals surface area (Å²) in [6, 6.07) is 0. The summed E-state index contributed by atoms with van der Waals surface area (Å²) in [5, 5.41) is 10.7. The first-order valence-corrected chi connectivity index (χ1v) is 7.07. The Morgan fingerprint density at radius 1 is 1.26 bits per heavy atom. The van der Waals surface area contributed by atoms with Crippen molar-refractivity contribution in [2.24, 2.45) is 5.41 Å². The lowest BCUT2D eigenvalue weighted by atomic mass is 9.68. The quantitative estimate of drug-likeness (QED) is 0.908. The third kappa shape index (κ3) is 3.12. The summed E-state index contributed by atoms with van der Waals surface area (Å²) in [6.07, 6.45) is 8.02. The second-order valence-electron chi connectivity index (χ2n) is 6.19. The van der Waals surface area contributed by atoms with Gasteiger partial charge >= 0.3 is 0 Å². The number of rotatable bonds is 4. The fourth-order valence-electron chi connectivity index (χ4n) is 2.86. The van der Waals surface area contributed by atoms with Crippen LogP contribution in [0.1, 0.15) is 58.3 Å². The standard InChI is InChI=1S/C15H24N2O2/c1-4-19-15(7-5-14(2,3)6-8-15)13(18)12-11-16-9-10-17-12/h9-11,13,18H,4-8H2,1-3H3. The van der Waals surface area contributed by atoms with E-state index in [1.807, 2.05) is 6.92 Å². The highest BCUT2D eigenvalue weighted by Gasteiger charge is 2.45. The normalized spacial score (nSPS) is 22.9. The first-order valence-electron chi connectivity index (χ1n) is 7.07. The molecular weight excluding hydrogens is 240 g/mol. The summed E-state index contributed by atoms with van der Waals surface area (Å²) in [4.78, 5) is 8.27. The van der Waals surface area contributed by atoms with Gasteiger partial charge in [-0.05, 0) is 38.0 Å². The molecule has 1 heterocycles. The van der Waals surface area contributed by atoms with Crippen molar-refractivity contribution in [1.82, 2.24) is 9.97 Å². The Kier molecular flexibility index (Phi) is 4.21. The largest absolute Gasteiger partial charge is 0.384 e. The molecule has 0 spiro atoms. The highest BCUT2D eigenvalue weighted by molar-refractivity contribution is 5.09. The molecule has 0 amide bonds. The van der Waals surface area contributed by atoms with E-state index in [1.54, 1.807) is 18.6 Å². The zero-order valence-corrected chi connectivity index (χ0v) is 12.1. The maximum Gasteiger partial charge on any atom is 0.126 e. The van der Waals surface area contributed by atoms with Gasteiger partial charge in [0, 0.05) is 19.0 Å². The Morgan fingerprint density at radius 3 is 2.47 bits per heavy atom. The van der Waals surface area contributed by atoms with Gasteiger partial charge in [-0.1, -0.05) is 13.8 Å². The molecule has 19 heavy (non-hydrogen) atoms. The second kappa shape index (κ2) is 5.55. The first-order chi connectivity index (χ1) is 8.99. The summed E-state index contributed by atoms with van der Waals surface area (Å²) in [6.45, 7) is 7.14. The van der Waals surface area contributed by atoms with E-state index in [1.165, 1.54) is 0 Å². The molecule has 2 rings (SSSR count). The van der Waals surface area contributed by atoms with Crippen molar-refractivity contribution in [2.45, 2.75) is 58.2 Å². The minimum absolute atomic E-state index is 0.336. The van der Waals surface area contributed by atoms with Gasteiger partial charge in [-0.3, -0.25) is 9.97 Å². The molecule has 1 saturated carbocycles. The minimum atomic E-state index is -0.697. The molecule has 1 atom stereocenters. The number of hydrogen-bond donors (Lipinski definition) is 1. The Labute approximate surface area is 115 Å². The van der Waals surface area contributed by atoms with Crippen molar-refractivity contribution >= 4 is 0 Å². The van der Waals surface area contributed by atoms with Crippen LogP contribution in [0.3, 0.4) is 0 Å². The number of nitrogens with zero attached hydrogens (tertiary/aromatic N) is 2. The Balaban J connectivity index is 2.20. The van der Waals surface area contributed by atoms with E-state index in [0.29, 0.717) is 17.7 Å². The van der Waals surface area contributed by atoms with Crippen molar-refractivity contribution in [2.75, 3.05) is 6.61 Å². The van der Waals surface area contributed by atoms with Gasteiger partial charge in [-0.2, -0.15) is 0 Å². The van der Waals surface area contributed by atoms with E-state index in [2.05, 4.69) is 23.8 Å². The Hall–Kier alpha value is -1.00. The van der Waals surface area contributed by atoms with Crippen LogP contribution < -0.4 is 0 Å². The van der Waals surface area contributed by atoms with Crippen LogP contribution in [-0.4, -0.2) is 27.3 Å². The van der Waals surface area contributed by atoms with Crippen LogP contribution in [0.5, 0.6) is 0 Å². The number of aromatic nitrogens is 2. The summed E-state index contributed by atoms with van der Waals surface area (Å²) in [7, 11) is 0. The zero-order chi connectivity index (χ0) is 13.9. The molecule has 1 N–H and O–H groups in total. The molecule has 4 nitrogen and oxygen atoms in total. The average molecular weight is 264 g/mol. The second-order valence-corrected chi connectivity index (χ2v) is 6.19. The first kappa shape index (κ1) is 14.4. The van der Waals surface area contributed by atoms with Gasteiger partial charge in [0.05, 0.1) is 17.5 Å². The van der Waals surface area contributed by atoms with Gasteiger partial charge in [-0.25, -0.2) is 0 Å². The third-order valence-corrected chi connectivity index (χ3v) is 4.24. The van der Waals surface area contributed by atoms with E-state index < -0.39 is 11.7 Å². The van der Waals surface area contributed by atoms with Gasteiger partial charge in [0.1, 0.15) is 6.10 Å². The monoisotopic (exact) mass is 264 g/mol. The predicted octanol–water partition coefficient (Wildman–Crippen LogP) is 2.89. The van der Waals surface area contributed by atoms with Gasteiger partial charge in [0.2, 0.25) is 0 Å². The number of ether oxygens (including phenoxy) is 1. The molecule has 1 aliphatic carbocycles. The van der Waals surface area contributed by atoms with E-state index in [-0.39, 0.29) is 0 Å². The van der Waals surface area contributed by atoms with Crippen LogP contribution in [0.25, 0.3) is 0 Å². The topological polar surface area (TPSA) is 55.2 Å². The minimum Gasteiger partial charge on any atom is -0.384 e. The SMILES string of the molecule is CCOC1(C(O)c2cnccn2)CCC(C)(C)CC1. The molecule has 0 saturated heterocycles. The summed E-state index contributed by atoms with van der Waals surface area (Å²) >= 11 is 0. The van der Waals surface area contributed by atoms with Gasteiger partial charge in [-0.15, -0.1) is 0 Å². The Morgan fingerprint density at radius 2 is 1.95 bits per heavy atom. The van der Waals surface area contributed by atoms with Crippen LogP contribution in [0.4, 0.5) is 0 Å². The third-order valence-electron chi connectivity index (χ3n) is 4.24. The Bertz CT molecular complexity index is 396. The zero-order valence-electron chi connectivity index (χ0n) is 12.1. The molecule has 1 aliphatic rings. The van der Waals surface area contributed by atoms with E-state index in [9.17, 15) is 5.11 Å². The van der Waals surface area contributed by atoms with Gasteiger partial charge < -0.3 is 9.84 Å². The fourth-order valence-corrected chi connectivity index (χ4v) is 2.86. The van der Waals surface area contributed by atoms with Crippen LogP contribution >= 0.6 is 0 Å². The van der Waals surface area contributed by atoms with Crippen LogP contribution in [0.2, 0.25) is 0 Å². The summed E-state index contributed by atoms with van der Waals surface area (Å²) in [5.41, 5.74) is 0.443. The molecule has 106 valence electrons. The molecule has 0 radical (unpaired) electrons. The lowest BCUT2D eigenvalue weighted by molar-refractivity contribution is -0.155. The van der Waals surface area contributed by atoms with E-state index >= 15 is 0 Å². The lowest BCUT2D eigenvalue weighted by Crippen LogP contribution is -2.45. The highest BCUT2D eigenvalue weighted by atomic mass is 16.5. The smallest absolute Gasteiger partial charge is 0.126 e. The molecule has 1 aromatic rings. The summed E-state index contributed by atoms with van der Waals surface area (Å²) < 4.78 is 5.96. The molecule has 1 fully saturated rings. The molecule has 0 aliphatic heterocycles. The molecule has 0 bridgehead atoms. The van der Waals surface area contributed by atoms with Crippen molar-refractivity contribution in [3.63, 3.8) is 0 Å². The fraction of sp³-hybridized carbons (Fsp3) is 0.733. The summed E-state index contributed by atoms with van der Waals surface area (Å²) in [5.74, 6) is 0. The van der Waals surface area contributed by atoms with Crippen LogP contribution in [0.15, 0.2) is 18.6 Å². The number of hydrogen-bond acceptors (Lipinski definition) is 4. The molecule has 0 aromatic carbocycles. The number of aliphatic hydroxyl groups is 1. The van der Waals surface area contributed by atoms with Gasteiger partial charge in [0.15, 0.2) is 0 Å². The van der Waals surface area contributed by atoms with Gasteiger partial charge in [0.25, 0.3) is 0 Å². The van der Waals surface area contributed by atoms with Crippen LogP contribution in [0, 0.1) is 5.41 Å². The molecule has 4 heteroatoms. The van der Waals surface area contributed by atoms with Crippen molar-refractivity contribution in [3.05, 3.63) is 24.3 Å². The molecular formula is C15H24N2O2. The van der Waals surface area contributed by atoms with Crippen LogP contribution in [-0.2, 0) is 4.74 Å². The highest BCUT2D eigenvalue weighted by Crippen LogP contribution is 2.47. The van der Waals surface area contributed by atoms with Crippen molar-refractivity contribution in [3.8, 4) is 0 Å².